The molecule has 1 aliphatic rings. The standard InChI is InChI=1S/C11H13N3O2/c15-11(16)10(14-8-12-7-13-14)6-9-4-2-1-3-5-9/h1-5,8,10,13H,6-7H2,(H,15,16). The molecule has 0 saturated carbocycles. The molecule has 16 heavy (non-hydrogen) atoms. The van der Waals surface area contributed by atoms with Crippen LogP contribution in [0.1, 0.15) is 5.56 Å². The summed E-state index contributed by atoms with van der Waals surface area (Å²) in [7, 11) is 0. The lowest BCUT2D eigenvalue weighted by molar-refractivity contribution is -0.142. The van der Waals surface area contributed by atoms with Crippen molar-refractivity contribution < 1.29 is 9.90 Å². The summed E-state index contributed by atoms with van der Waals surface area (Å²) in [6.07, 6.45) is 1.98. The van der Waals surface area contributed by atoms with E-state index in [9.17, 15) is 4.79 Å². The number of nitrogens with one attached hydrogen (secondary N) is 1. The number of rotatable bonds is 4. The molecule has 84 valence electrons. The first kappa shape index (κ1) is 10.6. The molecule has 0 radical (unpaired) electrons. The molecule has 0 fully saturated rings. The zero-order valence-electron chi connectivity index (χ0n) is 8.71. The Balaban J connectivity index is 2.09. The van der Waals surface area contributed by atoms with Gasteiger partial charge in [-0.25, -0.2) is 10.2 Å². The van der Waals surface area contributed by atoms with Gasteiger partial charge in [-0.3, -0.25) is 10.0 Å². The van der Waals surface area contributed by atoms with Crippen molar-refractivity contribution in [3.05, 3.63) is 35.9 Å². The third-order valence-electron chi connectivity index (χ3n) is 2.44. The molecule has 0 amide bonds. The summed E-state index contributed by atoms with van der Waals surface area (Å²) >= 11 is 0. The fourth-order valence-corrected chi connectivity index (χ4v) is 1.62. The van der Waals surface area contributed by atoms with Crippen molar-refractivity contribution >= 4 is 12.3 Å². The maximum atomic E-state index is 11.1. The number of carboxylic acids is 1. The second-order valence-electron chi connectivity index (χ2n) is 3.57. The molecule has 2 rings (SSSR count). The van der Waals surface area contributed by atoms with Gasteiger partial charge in [-0.2, -0.15) is 0 Å². The highest BCUT2D eigenvalue weighted by molar-refractivity contribution is 5.77. The van der Waals surface area contributed by atoms with Gasteiger partial charge in [-0.15, -0.1) is 0 Å². The molecule has 1 heterocycles. The van der Waals surface area contributed by atoms with E-state index in [1.165, 1.54) is 11.3 Å². The summed E-state index contributed by atoms with van der Waals surface area (Å²) in [5.41, 5.74) is 3.89. The van der Waals surface area contributed by atoms with Gasteiger partial charge in [-0.05, 0) is 5.56 Å². The molecule has 0 bridgehead atoms. The van der Waals surface area contributed by atoms with E-state index < -0.39 is 12.0 Å². The Morgan fingerprint density at radius 1 is 1.50 bits per heavy atom. The van der Waals surface area contributed by atoms with Crippen LogP contribution >= 0.6 is 0 Å². The Hall–Kier alpha value is -1.88. The number of aliphatic carboxylic acids is 1. The first-order chi connectivity index (χ1) is 7.77. The molecule has 5 nitrogen and oxygen atoms in total. The molecule has 2 N–H and O–H groups in total. The molecule has 1 unspecified atom stereocenters. The number of hydrogen-bond acceptors (Lipinski definition) is 4. The monoisotopic (exact) mass is 219 g/mol. The van der Waals surface area contributed by atoms with Crippen LogP contribution in [0.5, 0.6) is 0 Å². The van der Waals surface area contributed by atoms with Crippen LogP contribution in [-0.4, -0.2) is 35.1 Å². The topological polar surface area (TPSA) is 64.9 Å². The van der Waals surface area contributed by atoms with Crippen molar-refractivity contribution in [2.45, 2.75) is 12.5 Å². The highest BCUT2D eigenvalue weighted by Crippen LogP contribution is 2.08. The third kappa shape index (κ3) is 2.38. The Labute approximate surface area is 93.4 Å². The van der Waals surface area contributed by atoms with Crippen LogP contribution in [0.3, 0.4) is 0 Å². The fourth-order valence-electron chi connectivity index (χ4n) is 1.62. The van der Waals surface area contributed by atoms with E-state index in [0.29, 0.717) is 13.1 Å². The summed E-state index contributed by atoms with van der Waals surface area (Å²) in [5, 5.41) is 10.7. The van der Waals surface area contributed by atoms with Gasteiger partial charge in [0.25, 0.3) is 0 Å². The lowest BCUT2D eigenvalue weighted by Gasteiger charge is -2.22. The van der Waals surface area contributed by atoms with Crippen LogP contribution < -0.4 is 5.43 Å². The largest absolute Gasteiger partial charge is 0.480 e. The first-order valence-corrected chi connectivity index (χ1v) is 5.06. The Bertz CT molecular complexity index is 391. The Kier molecular flexibility index (Phi) is 3.16. The van der Waals surface area contributed by atoms with Crippen LogP contribution in [0.15, 0.2) is 35.3 Å². The summed E-state index contributed by atoms with van der Waals surface area (Å²) in [6, 6.07) is 8.94. The third-order valence-corrected chi connectivity index (χ3v) is 2.44. The van der Waals surface area contributed by atoms with Gasteiger partial charge in [-0.1, -0.05) is 30.3 Å². The summed E-state index contributed by atoms with van der Waals surface area (Å²) in [4.78, 5) is 15.1. The van der Waals surface area contributed by atoms with Crippen LogP contribution in [0, 0.1) is 0 Å². The van der Waals surface area contributed by atoms with Crippen molar-refractivity contribution in [3.63, 3.8) is 0 Å². The van der Waals surface area contributed by atoms with Gasteiger partial charge < -0.3 is 5.11 Å². The normalized spacial score (nSPS) is 16.4. The second-order valence-corrected chi connectivity index (χ2v) is 3.57. The van der Waals surface area contributed by atoms with Gasteiger partial charge >= 0.3 is 5.97 Å². The first-order valence-electron chi connectivity index (χ1n) is 5.06. The van der Waals surface area contributed by atoms with Crippen molar-refractivity contribution in [3.8, 4) is 0 Å². The zero-order valence-corrected chi connectivity index (χ0v) is 8.71. The predicted molar refractivity (Wildman–Crippen MR) is 59.9 cm³/mol. The van der Waals surface area contributed by atoms with Gasteiger partial charge in [0.2, 0.25) is 0 Å². The number of carbonyl (C=O) groups is 1. The van der Waals surface area contributed by atoms with Crippen LogP contribution in [0.2, 0.25) is 0 Å². The van der Waals surface area contributed by atoms with Crippen molar-refractivity contribution in [1.29, 1.82) is 0 Å². The maximum Gasteiger partial charge on any atom is 0.328 e. The summed E-state index contributed by atoms with van der Waals surface area (Å²) in [5.74, 6) is -0.857. The van der Waals surface area contributed by atoms with Gasteiger partial charge in [0, 0.05) is 6.42 Å². The predicted octanol–water partition coefficient (Wildman–Crippen LogP) is 0.488. The quantitative estimate of drug-likeness (QED) is 0.773. The van der Waals surface area contributed by atoms with Gasteiger partial charge in [0.15, 0.2) is 0 Å². The summed E-state index contributed by atoms with van der Waals surface area (Å²) in [6.45, 7) is 0.443. The van der Waals surface area contributed by atoms with Crippen molar-refractivity contribution in [1.82, 2.24) is 10.4 Å². The van der Waals surface area contributed by atoms with E-state index in [2.05, 4.69) is 10.4 Å². The molecule has 0 aromatic heterocycles. The van der Waals surface area contributed by atoms with Crippen molar-refractivity contribution in [2.75, 3.05) is 6.67 Å². The molecule has 5 heteroatoms. The average Bonchev–Trinajstić information content (AvgIpc) is 2.80. The number of nitrogens with zero attached hydrogens (tertiary/aromatic N) is 2. The maximum absolute atomic E-state index is 11.1. The number of aliphatic imine (C=N–C) groups is 1. The zero-order chi connectivity index (χ0) is 11.4. The van der Waals surface area contributed by atoms with E-state index in [4.69, 9.17) is 5.11 Å². The summed E-state index contributed by atoms with van der Waals surface area (Å²) < 4.78 is 0. The minimum atomic E-state index is -0.857. The number of hydrogen-bond donors (Lipinski definition) is 2. The second kappa shape index (κ2) is 4.76. The van der Waals surface area contributed by atoms with E-state index in [0.717, 1.165) is 5.56 Å². The Morgan fingerprint density at radius 2 is 2.25 bits per heavy atom. The van der Waals surface area contributed by atoms with Crippen molar-refractivity contribution in [2.24, 2.45) is 4.99 Å². The molecule has 0 saturated heterocycles. The molecule has 1 aliphatic heterocycles. The van der Waals surface area contributed by atoms with Gasteiger partial charge in [0.05, 0.1) is 0 Å². The minimum Gasteiger partial charge on any atom is -0.480 e. The van der Waals surface area contributed by atoms with E-state index in [-0.39, 0.29) is 0 Å². The van der Waals surface area contributed by atoms with Crippen LogP contribution in [0.25, 0.3) is 0 Å². The average molecular weight is 219 g/mol. The molecule has 0 aliphatic carbocycles. The van der Waals surface area contributed by atoms with E-state index in [1.807, 2.05) is 30.3 Å². The fraction of sp³-hybridized carbons (Fsp3) is 0.273. The van der Waals surface area contributed by atoms with E-state index in [1.54, 1.807) is 0 Å². The highest BCUT2D eigenvalue weighted by Gasteiger charge is 2.25. The molecule has 1 aromatic carbocycles. The lowest BCUT2D eigenvalue weighted by Crippen LogP contribution is -2.46. The lowest BCUT2D eigenvalue weighted by atomic mass is 10.1. The molecular weight excluding hydrogens is 206 g/mol. The number of benzene rings is 1. The van der Waals surface area contributed by atoms with Crippen LogP contribution in [0.4, 0.5) is 0 Å². The molecular formula is C11H13N3O2. The van der Waals surface area contributed by atoms with Gasteiger partial charge in [0.1, 0.15) is 19.0 Å². The number of hydrazine groups is 1. The molecule has 1 aromatic rings. The molecule has 0 spiro atoms. The number of carboxylic acid groups (broad SMARTS) is 1. The minimum absolute atomic E-state index is 0.443. The Morgan fingerprint density at radius 3 is 2.81 bits per heavy atom. The van der Waals surface area contributed by atoms with Crippen LogP contribution in [-0.2, 0) is 11.2 Å². The smallest absolute Gasteiger partial charge is 0.328 e. The highest BCUT2D eigenvalue weighted by atomic mass is 16.4. The SMILES string of the molecule is O=C(O)C(Cc1ccccc1)N1C=NCN1. The van der Waals surface area contributed by atoms with E-state index >= 15 is 0 Å². The molecule has 1 atom stereocenters.